The van der Waals surface area contributed by atoms with E-state index in [-0.39, 0.29) is 6.54 Å². The zero-order valence-corrected chi connectivity index (χ0v) is 19.7. The van der Waals surface area contributed by atoms with Crippen LogP contribution >= 0.6 is 46.4 Å². The Kier molecular flexibility index (Phi) is 6.76. The van der Waals surface area contributed by atoms with Crippen LogP contribution in [0.15, 0.2) is 65.4 Å². The van der Waals surface area contributed by atoms with Gasteiger partial charge in [-0.2, -0.15) is 0 Å². The number of amides is 1. The maximum absolute atomic E-state index is 12.8. The van der Waals surface area contributed by atoms with Gasteiger partial charge >= 0.3 is 0 Å². The molecule has 0 unspecified atom stereocenters. The average Bonchev–Trinajstić information content (AvgIpc) is 3.41. The Hall–Kier alpha value is -2.51. The second-order valence-corrected chi connectivity index (χ2v) is 8.82. The van der Waals surface area contributed by atoms with E-state index < -0.39 is 10.7 Å². The second-order valence-electron chi connectivity index (χ2n) is 6.91. The number of halogens is 4. The van der Waals surface area contributed by atoms with Gasteiger partial charge in [-0.1, -0.05) is 57.6 Å². The van der Waals surface area contributed by atoms with E-state index in [2.05, 4.69) is 10.1 Å². The third-order valence-corrected chi connectivity index (χ3v) is 5.86. The first-order chi connectivity index (χ1) is 15.3. The highest BCUT2D eigenvalue weighted by atomic mass is 35.5. The molecule has 164 valence electrons. The number of rotatable bonds is 6. The van der Waals surface area contributed by atoms with Crippen molar-refractivity contribution in [2.24, 2.45) is 7.05 Å². The van der Waals surface area contributed by atoms with Gasteiger partial charge in [0.25, 0.3) is 5.91 Å². The van der Waals surface area contributed by atoms with Crippen molar-refractivity contribution in [1.82, 2.24) is 14.7 Å². The molecule has 0 aliphatic rings. The van der Waals surface area contributed by atoms with E-state index >= 15 is 0 Å². The number of hydrogen-bond acceptors (Lipinski definition) is 4. The zero-order valence-electron chi connectivity index (χ0n) is 16.7. The van der Waals surface area contributed by atoms with Gasteiger partial charge in [0, 0.05) is 42.5 Å². The number of alkyl halides is 2. The van der Waals surface area contributed by atoms with Crippen LogP contribution < -0.4 is 4.90 Å². The van der Waals surface area contributed by atoms with Gasteiger partial charge in [0.15, 0.2) is 10.6 Å². The number of pyridine rings is 1. The lowest BCUT2D eigenvalue weighted by Crippen LogP contribution is -2.35. The van der Waals surface area contributed by atoms with Gasteiger partial charge in [-0.05, 0) is 36.4 Å². The topological polar surface area (TPSA) is 64.2 Å². The molecule has 0 bridgehead atoms. The molecule has 10 heteroatoms. The van der Waals surface area contributed by atoms with Crippen molar-refractivity contribution in [2.45, 2.75) is 11.4 Å². The number of carbonyl (C=O) groups is 1. The summed E-state index contributed by atoms with van der Waals surface area (Å²) in [7, 11) is 1.89. The quantitative estimate of drug-likeness (QED) is 0.282. The Bertz CT molecular complexity index is 1250. The van der Waals surface area contributed by atoms with Crippen LogP contribution in [-0.2, 0) is 18.4 Å². The number of anilines is 1. The molecule has 0 radical (unpaired) electrons. The molecular weight excluding hydrogens is 494 g/mol. The fraction of sp³-hybridized carbons (Fsp3) is 0.136. The summed E-state index contributed by atoms with van der Waals surface area (Å²) in [6, 6.07) is 14.1. The van der Waals surface area contributed by atoms with Crippen LogP contribution in [0.2, 0.25) is 10.0 Å². The molecule has 0 saturated carbocycles. The number of carbonyl (C=O) groups excluding carboxylic acids is 1. The number of aryl methyl sites for hydroxylation is 1. The summed E-state index contributed by atoms with van der Waals surface area (Å²) in [5, 5.41) is 4.99. The third-order valence-electron chi connectivity index (χ3n) is 4.86. The van der Waals surface area contributed by atoms with Crippen LogP contribution in [0, 0.1) is 0 Å². The van der Waals surface area contributed by atoms with Crippen LogP contribution in [-0.4, -0.2) is 25.5 Å². The van der Waals surface area contributed by atoms with Crippen molar-refractivity contribution < 1.29 is 9.32 Å². The van der Waals surface area contributed by atoms with E-state index in [1.165, 1.54) is 4.90 Å². The molecule has 0 spiro atoms. The Morgan fingerprint density at radius 1 is 1.09 bits per heavy atom. The van der Waals surface area contributed by atoms with Crippen LogP contribution in [0.25, 0.3) is 22.7 Å². The summed E-state index contributed by atoms with van der Waals surface area (Å²) in [6.45, 7) is 0.276. The molecule has 3 heterocycles. The van der Waals surface area contributed by atoms with Gasteiger partial charge in [0.1, 0.15) is 11.4 Å². The Morgan fingerprint density at radius 2 is 1.84 bits per heavy atom. The van der Waals surface area contributed by atoms with Crippen LogP contribution in [0.1, 0.15) is 5.69 Å². The minimum Gasteiger partial charge on any atom is -0.354 e. The Balaban J connectivity index is 1.70. The monoisotopic (exact) mass is 508 g/mol. The Labute approximate surface area is 204 Å². The number of aromatic nitrogens is 3. The van der Waals surface area contributed by atoms with E-state index in [1.807, 2.05) is 29.9 Å². The molecule has 32 heavy (non-hydrogen) atoms. The first-order valence-corrected chi connectivity index (χ1v) is 11.1. The fourth-order valence-electron chi connectivity index (χ4n) is 3.22. The van der Waals surface area contributed by atoms with Crippen LogP contribution in [0.4, 0.5) is 5.69 Å². The molecule has 0 aliphatic carbocycles. The highest BCUT2D eigenvalue weighted by Gasteiger charge is 2.24. The minimum atomic E-state index is -1.22. The highest BCUT2D eigenvalue weighted by molar-refractivity contribution is 6.54. The van der Waals surface area contributed by atoms with E-state index in [4.69, 9.17) is 50.9 Å². The Morgan fingerprint density at radius 3 is 2.50 bits per heavy atom. The van der Waals surface area contributed by atoms with Crippen molar-refractivity contribution in [3.8, 4) is 22.7 Å². The molecule has 4 rings (SSSR count). The van der Waals surface area contributed by atoms with Crippen molar-refractivity contribution in [3.05, 3.63) is 76.7 Å². The lowest BCUT2D eigenvalue weighted by molar-refractivity contribution is -0.117. The average molecular weight is 510 g/mol. The SMILES string of the molecule is Cn1cccc1CN(C(=O)C(Cl)Cl)c1ccnc(-c2cc(-c3c(Cl)cccc3Cl)no2)c1. The summed E-state index contributed by atoms with van der Waals surface area (Å²) in [5.74, 6) is -0.0646. The number of nitrogens with zero attached hydrogens (tertiary/aromatic N) is 4. The second kappa shape index (κ2) is 9.55. The summed E-state index contributed by atoms with van der Waals surface area (Å²) in [5.41, 5.74) is 2.97. The summed E-state index contributed by atoms with van der Waals surface area (Å²) in [4.78, 5) is 17.4. The van der Waals surface area contributed by atoms with Crippen molar-refractivity contribution in [1.29, 1.82) is 0 Å². The van der Waals surface area contributed by atoms with Crippen molar-refractivity contribution >= 4 is 58.0 Å². The van der Waals surface area contributed by atoms with Gasteiger partial charge in [-0.15, -0.1) is 0 Å². The maximum Gasteiger partial charge on any atom is 0.260 e. The standard InChI is InChI=1S/C22H16Cl4N4O2/c1-29-9-3-4-14(29)12-30(22(31)21(25)26)13-7-8-27-17(10-13)19-11-18(28-32-19)20-15(23)5-2-6-16(20)24/h2-11,21H,12H2,1H3. The first-order valence-electron chi connectivity index (χ1n) is 9.42. The fourth-order valence-corrected chi connectivity index (χ4v) is 4.04. The molecule has 1 aromatic carbocycles. The van der Waals surface area contributed by atoms with Crippen molar-refractivity contribution in [3.63, 3.8) is 0 Å². The first kappa shape index (κ1) is 22.7. The number of hydrogen-bond donors (Lipinski definition) is 0. The van der Waals surface area contributed by atoms with Gasteiger partial charge in [-0.3, -0.25) is 9.78 Å². The van der Waals surface area contributed by atoms with E-state index in [0.29, 0.717) is 38.4 Å². The summed E-state index contributed by atoms with van der Waals surface area (Å²) in [6.07, 6.45) is 3.46. The normalized spacial score (nSPS) is 11.2. The van der Waals surface area contributed by atoms with E-state index in [9.17, 15) is 4.79 Å². The molecule has 0 atom stereocenters. The predicted molar refractivity (Wildman–Crippen MR) is 127 cm³/mol. The van der Waals surface area contributed by atoms with Gasteiger partial charge < -0.3 is 14.0 Å². The molecule has 0 saturated heterocycles. The molecule has 3 aromatic heterocycles. The minimum absolute atomic E-state index is 0.276. The molecule has 0 fully saturated rings. The molecular formula is C22H16Cl4N4O2. The molecule has 0 N–H and O–H groups in total. The van der Waals surface area contributed by atoms with Gasteiger partial charge in [0.05, 0.1) is 16.6 Å². The van der Waals surface area contributed by atoms with Crippen LogP contribution in [0.3, 0.4) is 0 Å². The highest BCUT2D eigenvalue weighted by Crippen LogP contribution is 2.36. The number of benzene rings is 1. The molecule has 4 aromatic rings. The van der Waals surface area contributed by atoms with E-state index in [0.717, 1.165) is 5.69 Å². The predicted octanol–water partition coefficient (Wildman–Crippen LogP) is 6.39. The maximum atomic E-state index is 12.8. The third kappa shape index (κ3) is 4.64. The van der Waals surface area contributed by atoms with E-state index in [1.54, 1.807) is 42.6 Å². The van der Waals surface area contributed by atoms with Gasteiger partial charge in [0.2, 0.25) is 0 Å². The zero-order chi connectivity index (χ0) is 22.8. The summed E-state index contributed by atoms with van der Waals surface area (Å²) < 4.78 is 7.41. The smallest absolute Gasteiger partial charge is 0.260 e. The lowest BCUT2D eigenvalue weighted by atomic mass is 10.1. The lowest BCUT2D eigenvalue weighted by Gasteiger charge is -2.24. The molecule has 0 aliphatic heterocycles. The van der Waals surface area contributed by atoms with Gasteiger partial charge in [-0.25, -0.2) is 0 Å². The van der Waals surface area contributed by atoms with Crippen molar-refractivity contribution in [2.75, 3.05) is 4.90 Å². The molecule has 1 amide bonds. The van der Waals surface area contributed by atoms with Crippen LogP contribution in [0.5, 0.6) is 0 Å². The largest absolute Gasteiger partial charge is 0.354 e. The summed E-state index contributed by atoms with van der Waals surface area (Å²) >= 11 is 24.4. The molecule has 6 nitrogen and oxygen atoms in total.